The smallest absolute Gasteiger partial charge is 0.111 e. The Morgan fingerprint density at radius 3 is 2.50 bits per heavy atom. The zero-order valence-electron chi connectivity index (χ0n) is 14.2. The first-order valence-electron chi connectivity index (χ1n) is 8.62. The zero-order valence-corrected chi connectivity index (χ0v) is 14.2. The van der Waals surface area contributed by atoms with Crippen LogP contribution < -0.4 is 5.32 Å². The van der Waals surface area contributed by atoms with Crippen molar-refractivity contribution in [2.45, 2.75) is 84.7 Å². The van der Waals surface area contributed by atoms with E-state index in [-0.39, 0.29) is 6.23 Å². The van der Waals surface area contributed by atoms with Crippen LogP contribution in [0.1, 0.15) is 66.2 Å². The zero-order chi connectivity index (χ0) is 15.0. The first-order chi connectivity index (χ1) is 9.70. The number of nitrogens with one attached hydrogen (secondary N) is 1. The maximum absolute atomic E-state index is 6.30. The van der Waals surface area contributed by atoms with Gasteiger partial charge in [0.05, 0.1) is 12.2 Å². The summed E-state index contributed by atoms with van der Waals surface area (Å²) in [6, 6.07) is 0. The largest absolute Gasteiger partial charge is 0.381 e. The van der Waals surface area contributed by atoms with E-state index in [2.05, 4.69) is 19.2 Å². The van der Waals surface area contributed by atoms with Gasteiger partial charge in [-0.1, -0.05) is 27.2 Å². The van der Waals surface area contributed by atoms with Crippen LogP contribution in [0.3, 0.4) is 0 Å². The first-order valence-corrected chi connectivity index (χ1v) is 8.62. The second-order valence-corrected chi connectivity index (χ2v) is 6.12. The summed E-state index contributed by atoms with van der Waals surface area (Å²) in [5.41, 5.74) is 0. The monoisotopic (exact) mass is 285 g/mol. The van der Waals surface area contributed by atoms with Crippen LogP contribution in [-0.4, -0.2) is 32.1 Å². The van der Waals surface area contributed by atoms with Crippen molar-refractivity contribution in [2.75, 3.05) is 13.7 Å². The summed E-state index contributed by atoms with van der Waals surface area (Å²) in [6.45, 7) is 9.60. The van der Waals surface area contributed by atoms with Crippen LogP contribution in [0, 0.1) is 11.8 Å². The quantitative estimate of drug-likeness (QED) is 0.848. The molecule has 20 heavy (non-hydrogen) atoms. The van der Waals surface area contributed by atoms with Gasteiger partial charge in [0, 0.05) is 7.11 Å². The fraction of sp³-hybridized carbons (Fsp3) is 1.00. The number of hydrogen-bond acceptors (Lipinski definition) is 3. The van der Waals surface area contributed by atoms with Gasteiger partial charge in [0.2, 0.25) is 0 Å². The van der Waals surface area contributed by atoms with E-state index in [1.165, 1.54) is 38.5 Å². The molecule has 1 saturated carbocycles. The lowest BCUT2D eigenvalue weighted by molar-refractivity contribution is -0.0973. The third-order valence-electron chi connectivity index (χ3n) is 4.74. The standard InChI is InChI=1S/C15H29NO2.C2H6/c1-11-6-5-9-16-15(11)18-14-8-4-7-13(10-14)12(2)17-3;1-2/h11-16H,4-10H2,1-3H3;1-2H3. The summed E-state index contributed by atoms with van der Waals surface area (Å²) in [5.74, 6) is 1.33. The van der Waals surface area contributed by atoms with Gasteiger partial charge in [0.25, 0.3) is 0 Å². The molecule has 2 rings (SSSR count). The number of methoxy groups -OCH3 is 1. The molecule has 1 heterocycles. The van der Waals surface area contributed by atoms with Gasteiger partial charge in [0.1, 0.15) is 6.23 Å². The Labute approximate surface area is 125 Å². The van der Waals surface area contributed by atoms with Crippen LogP contribution in [0.4, 0.5) is 0 Å². The summed E-state index contributed by atoms with van der Waals surface area (Å²) >= 11 is 0. The van der Waals surface area contributed by atoms with E-state index < -0.39 is 0 Å². The molecule has 0 aromatic heterocycles. The molecular weight excluding hydrogens is 250 g/mol. The maximum Gasteiger partial charge on any atom is 0.111 e. The summed E-state index contributed by atoms with van der Waals surface area (Å²) < 4.78 is 11.8. The van der Waals surface area contributed by atoms with Crippen LogP contribution >= 0.6 is 0 Å². The van der Waals surface area contributed by atoms with Crippen molar-refractivity contribution in [3.05, 3.63) is 0 Å². The van der Waals surface area contributed by atoms with Gasteiger partial charge in [-0.2, -0.15) is 0 Å². The second-order valence-electron chi connectivity index (χ2n) is 6.12. The van der Waals surface area contributed by atoms with E-state index in [0.717, 1.165) is 6.54 Å². The van der Waals surface area contributed by atoms with Crippen LogP contribution in [0.2, 0.25) is 0 Å². The third-order valence-corrected chi connectivity index (χ3v) is 4.74. The normalized spacial score (nSPS) is 35.9. The van der Waals surface area contributed by atoms with Crippen molar-refractivity contribution >= 4 is 0 Å². The van der Waals surface area contributed by atoms with Gasteiger partial charge in [-0.25, -0.2) is 0 Å². The Bertz CT molecular complexity index is 247. The molecule has 1 saturated heterocycles. The molecule has 1 aliphatic heterocycles. The van der Waals surface area contributed by atoms with E-state index >= 15 is 0 Å². The molecule has 0 spiro atoms. The Balaban J connectivity index is 0.000000956. The van der Waals surface area contributed by atoms with Crippen molar-refractivity contribution in [1.29, 1.82) is 0 Å². The average molecular weight is 285 g/mol. The maximum atomic E-state index is 6.30. The lowest BCUT2D eigenvalue weighted by Gasteiger charge is -2.37. The Morgan fingerprint density at radius 2 is 1.85 bits per heavy atom. The first kappa shape index (κ1) is 17.9. The van der Waals surface area contributed by atoms with Gasteiger partial charge in [-0.15, -0.1) is 0 Å². The van der Waals surface area contributed by atoms with Gasteiger partial charge in [0.15, 0.2) is 0 Å². The SMILES string of the molecule is CC.COC(C)C1CCCC(OC2NCCCC2C)C1. The van der Waals surface area contributed by atoms with Gasteiger partial charge < -0.3 is 9.47 Å². The second kappa shape index (κ2) is 9.75. The highest BCUT2D eigenvalue weighted by Crippen LogP contribution is 2.31. The molecule has 5 atom stereocenters. The Kier molecular flexibility index (Phi) is 8.74. The fourth-order valence-corrected chi connectivity index (χ4v) is 3.33. The van der Waals surface area contributed by atoms with Crippen molar-refractivity contribution in [1.82, 2.24) is 5.32 Å². The topological polar surface area (TPSA) is 30.5 Å². The molecule has 1 aliphatic carbocycles. The van der Waals surface area contributed by atoms with E-state index in [4.69, 9.17) is 9.47 Å². The molecule has 2 fully saturated rings. The van der Waals surface area contributed by atoms with Crippen LogP contribution in [-0.2, 0) is 9.47 Å². The molecule has 5 unspecified atom stereocenters. The van der Waals surface area contributed by atoms with E-state index in [9.17, 15) is 0 Å². The summed E-state index contributed by atoms with van der Waals surface area (Å²) in [5, 5.41) is 3.52. The Hall–Kier alpha value is -0.120. The van der Waals surface area contributed by atoms with E-state index in [1.54, 1.807) is 0 Å². The molecule has 3 heteroatoms. The lowest BCUT2D eigenvalue weighted by Crippen LogP contribution is -2.45. The number of ether oxygens (including phenoxy) is 2. The molecule has 0 bridgehead atoms. The predicted octanol–water partition coefficient (Wildman–Crippen LogP) is 3.97. The minimum absolute atomic E-state index is 0.278. The summed E-state index contributed by atoms with van der Waals surface area (Å²) in [4.78, 5) is 0. The third kappa shape index (κ3) is 5.34. The van der Waals surface area contributed by atoms with Crippen LogP contribution in [0.5, 0.6) is 0 Å². The number of hydrogen-bond donors (Lipinski definition) is 1. The highest BCUT2D eigenvalue weighted by Gasteiger charge is 2.30. The van der Waals surface area contributed by atoms with Crippen molar-refractivity contribution in [2.24, 2.45) is 11.8 Å². The highest BCUT2D eigenvalue weighted by atomic mass is 16.5. The van der Waals surface area contributed by atoms with E-state index in [0.29, 0.717) is 24.0 Å². The van der Waals surface area contributed by atoms with Crippen LogP contribution in [0.15, 0.2) is 0 Å². The minimum Gasteiger partial charge on any atom is -0.381 e. The lowest BCUT2D eigenvalue weighted by atomic mass is 9.84. The van der Waals surface area contributed by atoms with Crippen molar-refractivity contribution < 1.29 is 9.47 Å². The fourth-order valence-electron chi connectivity index (χ4n) is 3.33. The molecule has 120 valence electrons. The average Bonchev–Trinajstić information content (AvgIpc) is 2.51. The number of piperidine rings is 1. The number of rotatable bonds is 4. The van der Waals surface area contributed by atoms with Crippen molar-refractivity contribution in [3.63, 3.8) is 0 Å². The summed E-state index contributed by atoms with van der Waals surface area (Å²) in [7, 11) is 1.82. The van der Waals surface area contributed by atoms with Crippen LogP contribution in [0.25, 0.3) is 0 Å². The molecular formula is C17H35NO2. The molecule has 0 radical (unpaired) electrons. The molecule has 1 N–H and O–H groups in total. The molecule has 0 aromatic carbocycles. The van der Waals surface area contributed by atoms with Gasteiger partial charge in [-0.3, -0.25) is 5.32 Å². The highest BCUT2D eigenvalue weighted by molar-refractivity contribution is 4.80. The molecule has 0 aromatic rings. The molecule has 3 nitrogen and oxygen atoms in total. The van der Waals surface area contributed by atoms with Gasteiger partial charge in [-0.05, 0) is 57.4 Å². The Morgan fingerprint density at radius 1 is 1.10 bits per heavy atom. The molecule has 2 aliphatic rings. The summed E-state index contributed by atoms with van der Waals surface area (Å²) in [6.07, 6.45) is 8.62. The van der Waals surface area contributed by atoms with Crippen molar-refractivity contribution in [3.8, 4) is 0 Å². The molecule has 0 amide bonds. The van der Waals surface area contributed by atoms with Gasteiger partial charge >= 0.3 is 0 Å². The minimum atomic E-state index is 0.278. The predicted molar refractivity (Wildman–Crippen MR) is 84.8 cm³/mol. The van der Waals surface area contributed by atoms with E-state index in [1.807, 2.05) is 21.0 Å².